The molecule has 0 fully saturated rings. The first kappa shape index (κ1) is 27.6. The highest BCUT2D eigenvalue weighted by atomic mass is 32.2. The molecule has 0 spiro atoms. The molecule has 0 aliphatic heterocycles. The SMILES string of the molecule is CCCC(=NOCC)C1=C(OC(=O)C(C)(C)C)CC(c2c(OC)nc(SC)nc2OC)CC1=O. The van der Waals surface area contributed by atoms with Crippen molar-refractivity contribution in [2.24, 2.45) is 10.6 Å². The van der Waals surface area contributed by atoms with Gasteiger partial charge in [-0.15, -0.1) is 0 Å². The zero-order chi connectivity index (χ0) is 25.5. The number of aromatic nitrogens is 2. The Balaban J connectivity index is 2.65. The molecule has 0 bridgehead atoms. The van der Waals surface area contributed by atoms with Crippen molar-refractivity contribution in [3.05, 3.63) is 16.9 Å². The first-order valence-corrected chi connectivity index (χ1v) is 12.5. The molecule has 0 saturated carbocycles. The summed E-state index contributed by atoms with van der Waals surface area (Å²) in [6.07, 6.45) is 3.50. The van der Waals surface area contributed by atoms with Gasteiger partial charge < -0.3 is 19.0 Å². The van der Waals surface area contributed by atoms with Crippen LogP contribution in [0.1, 0.15) is 71.8 Å². The van der Waals surface area contributed by atoms with Gasteiger partial charge in [-0.05, 0) is 40.4 Å². The van der Waals surface area contributed by atoms with Crippen LogP contribution in [0.15, 0.2) is 21.6 Å². The fraction of sp³-hybridized carbons (Fsp3) is 0.625. The topological polar surface area (TPSA) is 109 Å². The highest BCUT2D eigenvalue weighted by Crippen LogP contribution is 2.43. The summed E-state index contributed by atoms with van der Waals surface area (Å²) in [4.78, 5) is 40.5. The molecule has 0 aromatic carbocycles. The number of nitrogens with zero attached hydrogens (tertiary/aromatic N) is 3. The lowest BCUT2D eigenvalue weighted by atomic mass is 9.81. The molecular formula is C24H35N3O6S. The second-order valence-corrected chi connectivity index (χ2v) is 9.59. The van der Waals surface area contributed by atoms with E-state index in [2.05, 4.69) is 15.1 Å². The predicted molar refractivity (Wildman–Crippen MR) is 130 cm³/mol. The van der Waals surface area contributed by atoms with E-state index in [1.807, 2.05) is 20.1 Å². The standard InChI is InChI=1S/C24H35N3O6S/c1-9-11-15(27-32-10-2)19-16(28)12-14(13-17(19)33-22(29)24(3,4)5)18-20(30-6)25-23(34-8)26-21(18)31-7/h14H,9-13H2,1-8H3. The third kappa shape index (κ3) is 6.49. The average Bonchev–Trinajstić information content (AvgIpc) is 2.80. The molecule has 1 atom stereocenters. The number of carbonyl (C=O) groups is 2. The van der Waals surface area contributed by atoms with E-state index in [1.165, 1.54) is 26.0 Å². The monoisotopic (exact) mass is 493 g/mol. The van der Waals surface area contributed by atoms with Crippen molar-refractivity contribution in [1.29, 1.82) is 0 Å². The van der Waals surface area contributed by atoms with Gasteiger partial charge in [0.2, 0.25) is 11.8 Å². The lowest BCUT2D eigenvalue weighted by Gasteiger charge is -2.29. The molecular weight excluding hydrogens is 458 g/mol. The number of rotatable bonds is 10. The minimum atomic E-state index is -0.755. The third-order valence-corrected chi connectivity index (χ3v) is 5.71. The van der Waals surface area contributed by atoms with Gasteiger partial charge in [0.1, 0.15) is 12.4 Å². The fourth-order valence-electron chi connectivity index (χ4n) is 3.52. The average molecular weight is 494 g/mol. The van der Waals surface area contributed by atoms with Gasteiger partial charge in [0.15, 0.2) is 10.9 Å². The van der Waals surface area contributed by atoms with Crippen molar-refractivity contribution < 1.29 is 28.6 Å². The number of methoxy groups -OCH3 is 2. The largest absolute Gasteiger partial charge is 0.481 e. The molecule has 188 valence electrons. The maximum atomic E-state index is 13.5. The van der Waals surface area contributed by atoms with Crippen LogP contribution < -0.4 is 9.47 Å². The minimum absolute atomic E-state index is 0.134. The Morgan fingerprint density at radius 1 is 1.12 bits per heavy atom. The van der Waals surface area contributed by atoms with E-state index in [1.54, 1.807) is 20.8 Å². The van der Waals surface area contributed by atoms with E-state index in [0.29, 0.717) is 46.8 Å². The Morgan fingerprint density at radius 2 is 1.74 bits per heavy atom. The number of oxime groups is 1. The van der Waals surface area contributed by atoms with E-state index >= 15 is 0 Å². The number of hydrogen-bond acceptors (Lipinski definition) is 10. The highest BCUT2D eigenvalue weighted by molar-refractivity contribution is 7.98. The second kappa shape index (κ2) is 12.2. The zero-order valence-corrected chi connectivity index (χ0v) is 22.1. The molecule has 1 heterocycles. The number of ether oxygens (including phenoxy) is 3. The fourth-order valence-corrected chi connectivity index (χ4v) is 3.87. The third-order valence-electron chi connectivity index (χ3n) is 5.16. The maximum absolute atomic E-state index is 13.5. The van der Waals surface area contributed by atoms with Crippen LogP contribution in [-0.2, 0) is 19.2 Å². The molecule has 2 rings (SSSR count). The van der Waals surface area contributed by atoms with Crippen LogP contribution in [0.4, 0.5) is 0 Å². The summed E-state index contributed by atoms with van der Waals surface area (Å²) in [7, 11) is 3.02. The molecule has 0 N–H and O–H groups in total. The first-order valence-electron chi connectivity index (χ1n) is 11.3. The molecule has 1 aromatic heterocycles. The second-order valence-electron chi connectivity index (χ2n) is 8.81. The van der Waals surface area contributed by atoms with Crippen LogP contribution in [-0.4, -0.2) is 54.5 Å². The summed E-state index contributed by atoms with van der Waals surface area (Å²) < 4.78 is 16.9. The van der Waals surface area contributed by atoms with Crippen LogP contribution in [0.2, 0.25) is 0 Å². The van der Waals surface area contributed by atoms with Gasteiger partial charge >= 0.3 is 5.97 Å². The highest BCUT2D eigenvalue weighted by Gasteiger charge is 2.38. The maximum Gasteiger partial charge on any atom is 0.316 e. The number of carbonyl (C=O) groups excluding carboxylic acids is 2. The molecule has 1 unspecified atom stereocenters. The molecule has 1 aliphatic carbocycles. The van der Waals surface area contributed by atoms with E-state index in [0.717, 1.165) is 6.42 Å². The van der Waals surface area contributed by atoms with Gasteiger partial charge in [-0.3, -0.25) is 9.59 Å². The van der Waals surface area contributed by atoms with Crippen LogP contribution in [0.5, 0.6) is 11.8 Å². The Hall–Kier alpha value is -2.62. The van der Waals surface area contributed by atoms with Crippen molar-refractivity contribution in [2.75, 3.05) is 27.1 Å². The lowest BCUT2D eigenvalue weighted by molar-refractivity contribution is -0.149. The van der Waals surface area contributed by atoms with Crippen molar-refractivity contribution in [1.82, 2.24) is 9.97 Å². The van der Waals surface area contributed by atoms with Gasteiger partial charge in [0.05, 0.1) is 36.5 Å². The molecule has 9 nitrogen and oxygen atoms in total. The quantitative estimate of drug-likeness (QED) is 0.151. The van der Waals surface area contributed by atoms with Crippen molar-refractivity contribution in [3.8, 4) is 11.8 Å². The summed E-state index contributed by atoms with van der Waals surface area (Å²) in [6, 6.07) is 0. The van der Waals surface area contributed by atoms with E-state index < -0.39 is 17.3 Å². The Labute approximate surface area is 205 Å². The molecule has 1 aromatic rings. The Morgan fingerprint density at radius 3 is 2.21 bits per heavy atom. The molecule has 1 aliphatic rings. The van der Waals surface area contributed by atoms with Crippen LogP contribution >= 0.6 is 11.8 Å². The lowest BCUT2D eigenvalue weighted by Crippen LogP contribution is -2.29. The number of allylic oxidation sites excluding steroid dienone is 2. The van der Waals surface area contributed by atoms with Crippen molar-refractivity contribution >= 4 is 29.2 Å². The predicted octanol–water partition coefficient (Wildman–Crippen LogP) is 4.70. The van der Waals surface area contributed by atoms with Gasteiger partial charge in [-0.2, -0.15) is 9.97 Å². The summed E-state index contributed by atoms with van der Waals surface area (Å²) in [5, 5.41) is 4.67. The zero-order valence-electron chi connectivity index (χ0n) is 21.3. The number of Topliss-reactive ketones (excluding diaryl/α,β-unsaturated/α-hetero) is 1. The summed E-state index contributed by atoms with van der Waals surface area (Å²) in [5.41, 5.74) is 0.605. The van der Waals surface area contributed by atoms with Crippen LogP contribution in [0.3, 0.4) is 0 Å². The van der Waals surface area contributed by atoms with E-state index in [9.17, 15) is 9.59 Å². The number of esters is 1. The van der Waals surface area contributed by atoms with Gasteiger partial charge in [0.25, 0.3) is 0 Å². The van der Waals surface area contributed by atoms with Gasteiger partial charge in [0, 0.05) is 18.8 Å². The number of thioether (sulfide) groups is 1. The molecule has 0 radical (unpaired) electrons. The smallest absolute Gasteiger partial charge is 0.316 e. The van der Waals surface area contributed by atoms with Gasteiger partial charge in [-0.25, -0.2) is 0 Å². The molecule has 34 heavy (non-hydrogen) atoms. The van der Waals surface area contributed by atoms with E-state index in [-0.39, 0.29) is 24.4 Å². The Bertz CT molecular complexity index is 943. The Kier molecular flexibility index (Phi) is 9.90. The number of ketones is 1. The first-order chi connectivity index (χ1) is 16.1. The van der Waals surface area contributed by atoms with Crippen molar-refractivity contribution in [3.63, 3.8) is 0 Å². The molecule has 10 heteroatoms. The molecule has 0 amide bonds. The van der Waals surface area contributed by atoms with Crippen molar-refractivity contribution in [2.45, 2.75) is 71.4 Å². The minimum Gasteiger partial charge on any atom is -0.481 e. The van der Waals surface area contributed by atoms with Gasteiger partial charge in [-0.1, -0.05) is 30.3 Å². The number of hydrogen-bond donors (Lipinski definition) is 0. The van der Waals surface area contributed by atoms with E-state index in [4.69, 9.17) is 19.0 Å². The van der Waals surface area contributed by atoms with Crippen LogP contribution in [0, 0.1) is 5.41 Å². The summed E-state index contributed by atoms with van der Waals surface area (Å²) in [5.74, 6) is -0.112. The molecule has 0 saturated heterocycles. The summed E-state index contributed by atoms with van der Waals surface area (Å²) >= 11 is 1.36. The van der Waals surface area contributed by atoms with Crippen LogP contribution in [0.25, 0.3) is 0 Å². The summed E-state index contributed by atoms with van der Waals surface area (Å²) in [6.45, 7) is 9.46. The normalized spacial score (nSPS) is 17.0.